The van der Waals surface area contributed by atoms with Crippen LogP contribution in [0.4, 0.5) is 0 Å². The molecule has 0 bridgehead atoms. The first-order valence-corrected chi connectivity index (χ1v) is 8.31. The molecule has 4 heteroatoms. The van der Waals surface area contributed by atoms with E-state index < -0.39 is 6.10 Å². The summed E-state index contributed by atoms with van der Waals surface area (Å²) < 4.78 is 10.9. The number of rotatable bonds is 7. The van der Waals surface area contributed by atoms with Crippen molar-refractivity contribution in [3.8, 4) is 11.5 Å². The van der Waals surface area contributed by atoms with Crippen molar-refractivity contribution >= 4 is 5.91 Å². The van der Waals surface area contributed by atoms with Gasteiger partial charge in [0.1, 0.15) is 11.5 Å². The summed E-state index contributed by atoms with van der Waals surface area (Å²) in [5.41, 5.74) is 0. The lowest BCUT2D eigenvalue weighted by molar-refractivity contribution is -0.128. The quantitative estimate of drug-likeness (QED) is 0.838. The van der Waals surface area contributed by atoms with Crippen molar-refractivity contribution < 1.29 is 14.3 Å². The maximum absolute atomic E-state index is 12.3. The van der Waals surface area contributed by atoms with Gasteiger partial charge in [0, 0.05) is 6.54 Å². The molecule has 1 N–H and O–H groups in total. The molecule has 1 aliphatic carbocycles. The first-order valence-electron chi connectivity index (χ1n) is 8.31. The van der Waals surface area contributed by atoms with Crippen LogP contribution < -0.4 is 14.8 Å². The lowest BCUT2D eigenvalue weighted by Crippen LogP contribution is -2.40. The lowest BCUT2D eigenvalue weighted by atomic mass is 9.89. The van der Waals surface area contributed by atoms with Crippen molar-refractivity contribution in [2.24, 2.45) is 5.92 Å². The molecular weight excluding hydrogens is 278 g/mol. The number of hydrogen-bond acceptors (Lipinski definition) is 3. The summed E-state index contributed by atoms with van der Waals surface area (Å²) >= 11 is 0. The molecule has 0 spiro atoms. The average Bonchev–Trinajstić information content (AvgIpc) is 2.59. The largest absolute Gasteiger partial charge is 0.497 e. The molecule has 1 aromatic carbocycles. The van der Waals surface area contributed by atoms with Gasteiger partial charge in [-0.25, -0.2) is 0 Å². The molecule has 1 aliphatic rings. The Kier molecular flexibility index (Phi) is 6.56. The third-order valence-corrected chi connectivity index (χ3v) is 4.29. The fourth-order valence-corrected chi connectivity index (χ4v) is 2.89. The van der Waals surface area contributed by atoms with Crippen LogP contribution in [0.3, 0.4) is 0 Å². The van der Waals surface area contributed by atoms with Crippen molar-refractivity contribution in [2.45, 2.75) is 51.6 Å². The van der Waals surface area contributed by atoms with Crippen molar-refractivity contribution in [2.75, 3.05) is 13.7 Å². The minimum atomic E-state index is -0.433. The van der Waals surface area contributed by atoms with Gasteiger partial charge in [-0.05, 0) is 49.4 Å². The van der Waals surface area contributed by atoms with Crippen molar-refractivity contribution in [1.29, 1.82) is 0 Å². The predicted octanol–water partition coefficient (Wildman–Crippen LogP) is 3.55. The number of nitrogens with one attached hydrogen (secondary N) is 1. The van der Waals surface area contributed by atoms with Crippen LogP contribution in [0.15, 0.2) is 24.3 Å². The van der Waals surface area contributed by atoms with Crippen LogP contribution in [-0.4, -0.2) is 25.7 Å². The first kappa shape index (κ1) is 16.7. The smallest absolute Gasteiger partial charge is 0.261 e. The molecule has 0 radical (unpaired) electrons. The van der Waals surface area contributed by atoms with Crippen molar-refractivity contribution in [3.05, 3.63) is 24.3 Å². The summed E-state index contributed by atoms with van der Waals surface area (Å²) in [6, 6.07) is 7.33. The van der Waals surface area contributed by atoms with Crippen LogP contribution in [0.2, 0.25) is 0 Å². The molecule has 1 atom stereocenters. The van der Waals surface area contributed by atoms with Crippen LogP contribution in [0, 0.1) is 5.92 Å². The van der Waals surface area contributed by atoms with Gasteiger partial charge in [-0.2, -0.15) is 0 Å². The standard InChI is InChI=1S/C18H27NO3/c1-3-17(22-16-11-9-15(21-2)10-12-16)18(20)19-13-14-7-5-4-6-8-14/h9-12,14,17H,3-8,13H2,1-2H3,(H,19,20)/t17-/m0/s1. The Labute approximate surface area is 133 Å². The maximum Gasteiger partial charge on any atom is 0.261 e. The lowest BCUT2D eigenvalue weighted by Gasteiger charge is -2.23. The molecule has 0 saturated heterocycles. The SMILES string of the molecule is CC[C@H](Oc1ccc(OC)cc1)C(=O)NCC1CCCCC1. The highest BCUT2D eigenvalue weighted by molar-refractivity contribution is 5.81. The second kappa shape index (κ2) is 8.66. The highest BCUT2D eigenvalue weighted by atomic mass is 16.5. The zero-order valence-corrected chi connectivity index (χ0v) is 13.6. The number of amides is 1. The number of methoxy groups -OCH3 is 1. The van der Waals surface area contributed by atoms with E-state index in [-0.39, 0.29) is 5.91 Å². The topological polar surface area (TPSA) is 47.6 Å². The highest BCUT2D eigenvalue weighted by Gasteiger charge is 2.20. The minimum absolute atomic E-state index is 0.0103. The molecule has 0 unspecified atom stereocenters. The normalized spacial score (nSPS) is 16.8. The Balaban J connectivity index is 1.82. The molecule has 4 nitrogen and oxygen atoms in total. The Morgan fingerprint density at radius 1 is 1.18 bits per heavy atom. The molecule has 2 rings (SSSR count). The third-order valence-electron chi connectivity index (χ3n) is 4.29. The van der Waals surface area contributed by atoms with Crippen LogP contribution in [-0.2, 0) is 4.79 Å². The molecule has 0 aromatic heterocycles. The monoisotopic (exact) mass is 305 g/mol. The van der Waals surface area contributed by atoms with Crippen LogP contribution >= 0.6 is 0 Å². The van der Waals surface area contributed by atoms with E-state index in [1.54, 1.807) is 7.11 Å². The fraction of sp³-hybridized carbons (Fsp3) is 0.611. The zero-order valence-electron chi connectivity index (χ0n) is 13.6. The van der Waals surface area contributed by atoms with Gasteiger partial charge in [-0.1, -0.05) is 26.2 Å². The van der Waals surface area contributed by atoms with Gasteiger partial charge in [0.2, 0.25) is 0 Å². The highest BCUT2D eigenvalue weighted by Crippen LogP contribution is 2.23. The van der Waals surface area contributed by atoms with Crippen LogP contribution in [0.5, 0.6) is 11.5 Å². The van der Waals surface area contributed by atoms with Gasteiger partial charge in [0.25, 0.3) is 5.91 Å². The van der Waals surface area contributed by atoms with E-state index in [0.29, 0.717) is 18.1 Å². The summed E-state index contributed by atoms with van der Waals surface area (Å²) in [5.74, 6) is 2.10. The van der Waals surface area contributed by atoms with Gasteiger partial charge in [0.15, 0.2) is 6.10 Å². The molecule has 1 aromatic rings. The van der Waals surface area contributed by atoms with E-state index in [1.807, 2.05) is 31.2 Å². The minimum Gasteiger partial charge on any atom is -0.497 e. The van der Waals surface area contributed by atoms with E-state index in [2.05, 4.69) is 5.32 Å². The van der Waals surface area contributed by atoms with E-state index in [1.165, 1.54) is 32.1 Å². The van der Waals surface area contributed by atoms with E-state index in [4.69, 9.17) is 9.47 Å². The van der Waals surface area contributed by atoms with Crippen LogP contribution in [0.1, 0.15) is 45.4 Å². The van der Waals surface area contributed by atoms with Crippen molar-refractivity contribution in [1.82, 2.24) is 5.32 Å². The fourth-order valence-electron chi connectivity index (χ4n) is 2.89. The Morgan fingerprint density at radius 3 is 2.41 bits per heavy atom. The van der Waals surface area contributed by atoms with Gasteiger partial charge in [-0.15, -0.1) is 0 Å². The number of ether oxygens (including phenoxy) is 2. The van der Waals surface area contributed by atoms with Crippen molar-refractivity contribution in [3.63, 3.8) is 0 Å². The first-order chi connectivity index (χ1) is 10.7. The third kappa shape index (κ3) is 4.93. The summed E-state index contributed by atoms with van der Waals surface area (Å²) in [5, 5.41) is 3.06. The Bertz CT molecular complexity index is 452. The molecule has 122 valence electrons. The summed E-state index contributed by atoms with van der Waals surface area (Å²) in [4.78, 5) is 12.3. The molecule has 1 fully saturated rings. The molecule has 22 heavy (non-hydrogen) atoms. The summed E-state index contributed by atoms with van der Waals surface area (Å²) in [6.45, 7) is 2.75. The van der Waals surface area contributed by atoms with Gasteiger partial charge < -0.3 is 14.8 Å². The number of carbonyl (C=O) groups is 1. The van der Waals surface area contributed by atoms with E-state index in [9.17, 15) is 4.79 Å². The number of benzene rings is 1. The second-order valence-corrected chi connectivity index (χ2v) is 5.94. The van der Waals surface area contributed by atoms with Crippen LogP contribution in [0.25, 0.3) is 0 Å². The average molecular weight is 305 g/mol. The van der Waals surface area contributed by atoms with Gasteiger partial charge in [-0.3, -0.25) is 4.79 Å². The molecule has 0 heterocycles. The maximum atomic E-state index is 12.3. The predicted molar refractivity (Wildman–Crippen MR) is 87.3 cm³/mol. The van der Waals surface area contributed by atoms with E-state index in [0.717, 1.165) is 12.3 Å². The second-order valence-electron chi connectivity index (χ2n) is 5.94. The number of carbonyl (C=O) groups excluding carboxylic acids is 1. The summed E-state index contributed by atoms with van der Waals surface area (Å²) in [6.07, 6.45) is 6.61. The summed E-state index contributed by atoms with van der Waals surface area (Å²) in [7, 11) is 1.63. The zero-order chi connectivity index (χ0) is 15.8. The molecule has 0 aliphatic heterocycles. The van der Waals surface area contributed by atoms with Gasteiger partial charge in [0.05, 0.1) is 7.11 Å². The Hall–Kier alpha value is -1.71. The van der Waals surface area contributed by atoms with E-state index >= 15 is 0 Å². The molecular formula is C18H27NO3. The molecule has 1 amide bonds. The molecule has 1 saturated carbocycles. The Morgan fingerprint density at radius 2 is 1.82 bits per heavy atom. The van der Waals surface area contributed by atoms with Gasteiger partial charge >= 0.3 is 0 Å². The number of hydrogen-bond donors (Lipinski definition) is 1.